The van der Waals surface area contributed by atoms with Gasteiger partial charge in [-0.25, -0.2) is 18.2 Å². The third-order valence-electron chi connectivity index (χ3n) is 4.73. The number of carbonyl (C=O) groups excluding carboxylic acids is 1. The number of ether oxygens (including phenoxy) is 1. The normalized spacial score (nSPS) is 17.0. The van der Waals surface area contributed by atoms with Gasteiger partial charge in [0.05, 0.1) is 25.0 Å². The SMILES string of the molecule is COc1ccc(F)c(CNc2ccnc(Nc3cnn(CC(=O)NC4CC4F)c3)n2)c1F. The average Bonchev–Trinajstić information content (AvgIpc) is 3.27. The molecule has 0 spiro atoms. The maximum atomic E-state index is 14.3. The van der Waals surface area contributed by atoms with E-state index in [1.165, 1.54) is 30.3 Å². The van der Waals surface area contributed by atoms with Gasteiger partial charge >= 0.3 is 0 Å². The van der Waals surface area contributed by atoms with Gasteiger partial charge in [-0.2, -0.15) is 10.1 Å². The Labute approximate surface area is 181 Å². The molecule has 1 aliphatic carbocycles. The molecule has 2 atom stereocenters. The Morgan fingerprint density at radius 1 is 1.31 bits per heavy atom. The number of nitrogens with zero attached hydrogens (tertiary/aromatic N) is 4. The van der Waals surface area contributed by atoms with Crippen molar-refractivity contribution in [2.24, 2.45) is 0 Å². The van der Waals surface area contributed by atoms with Gasteiger partial charge in [-0.15, -0.1) is 0 Å². The molecule has 3 N–H and O–H groups in total. The Morgan fingerprint density at radius 2 is 2.12 bits per heavy atom. The molecule has 2 aromatic heterocycles. The standard InChI is InChI=1S/C20H20F3N7O2/c1-32-16-3-2-13(21)12(19(16)23)8-25-17-4-5-24-20(29-17)27-11-7-26-30(9-11)10-18(31)28-15-6-14(15)22/h2-5,7,9,14-15H,6,8,10H2,1H3,(H,28,31)(H2,24,25,27,29). The molecule has 12 heteroatoms. The summed E-state index contributed by atoms with van der Waals surface area (Å²) in [4.78, 5) is 20.2. The first-order valence-corrected chi connectivity index (χ1v) is 9.73. The molecule has 1 fully saturated rings. The van der Waals surface area contributed by atoms with Crippen molar-refractivity contribution >= 4 is 23.4 Å². The number of methoxy groups -OCH3 is 1. The van der Waals surface area contributed by atoms with Crippen LogP contribution in [0.15, 0.2) is 36.8 Å². The Hall–Kier alpha value is -3.83. The first-order chi connectivity index (χ1) is 15.4. The number of hydrogen-bond acceptors (Lipinski definition) is 7. The zero-order chi connectivity index (χ0) is 22.7. The summed E-state index contributed by atoms with van der Waals surface area (Å²) < 4.78 is 47.4. The van der Waals surface area contributed by atoms with Gasteiger partial charge in [-0.1, -0.05) is 0 Å². The molecule has 1 saturated carbocycles. The van der Waals surface area contributed by atoms with Crippen LogP contribution in [-0.4, -0.2) is 45.0 Å². The number of carbonyl (C=O) groups is 1. The molecule has 4 rings (SSSR count). The molecule has 1 aromatic carbocycles. The van der Waals surface area contributed by atoms with Crippen LogP contribution in [0.1, 0.15) is 12.0 Å². The van der Waals surface area contributed by atoms with Crippen molar-refractivity contribution in [1.82, 2.24) is 25.1 Å². The fourth-order valence-corrected chi connectivity index (χ4v) is 2.95. The lowest BCUT2D eigenvalue weighted by molar-refractivity contribution is -0.122. The van der Waals surface area contributed by atoms with Crippen LogP contribution in [0.4, 0.5) is 30.6 Å². The van der Waals surface area contributed by atoms with E-state index in [1.807, 2.05) is 0 Å². The molecule has 168 valence electrons. The third kappa shape index (κ3) is 5.07. The lowest BCUT2D eigenvalue weighted by Crippen LogP contribution is -2.30. The summed E-state index contributed by atoms with van der Waals surface area (Å²) in [5, 5.41) is 12.4. The maximum absolute atomic E-state index is 14.3. The summed E-state index contributed by atoms with van der Waals surface area (Å²) in [5.41, 5.74) is 0.344. The number of hydrogen-bond donors (Lipinski definition) is 3. The van der Waals surface area contributed by atoms with Crippen LogP contribution in [0.2, 0.25) is 0 Å². The summed E-state index contributed by atoms with van der Waals surface area (Å²) >= 11 is 0. The van der Waals surface area contributed by atoms with Crippen molar-refractivity contribution in [3.8, 4) is 5.75 Å². The minimum Gasteiger partial charge on any atom is -0.494 e. The summed E-state index contributed by atoms with van der Waals surface area (Å²) in [6.07, 6.45) is 3.90. The van der Waals surface area contributed by atoms with E-state index in [0.717, 1.165) is 6.07 Å². The van der Waals surface area contributed by atoms with Crippen molar-refractivity contribution < 1.29 is 22.7 Å². The van der Waals surface area contributed by atoms with Gasteiger partial charge in [0.2, 0.25) is 11.9 Å². The molecule has 0 aliphatic heterocycles. The second-order valence-electron chi connectivity index (χ2n) is 7.14. The van der Waals surface area contributed by atoms with Gasteiger partial charge in [0.25, 0.3) is 0 Å². The van der Waals surface area contributed by atoms with Crippen LogP contribution in [0.3, 0.4) is 0 Å². The Balaban J connectivity index is 1.36. The second-order valence-corrected chi connectivity index (χ2v) is 7.14. The molecule has 0 saturated heterocycles. The quantitative estimate of drug-likeness (QED) is 0.463. The summed E-state index contributed by atoms with van der Waals surface area (Å²) in [7, 11) is 1.30. The van der Waals surface area contributed by atoms with E-state index in [4.69, 9.17) is 4.74 Å². The summed E-state index contributed by atoms with van der Waals surface area (Å²) in [5.74, 6) is -1.33. The van der Waals surface area contributed by atoms with Gasteiger partial charge in [-0.05, 0) is 18.2 Å². The lowest BCUT2D eigenvalue weighted by atomic mass is 10.2. The van der Waals surface area contributed by atoms with E-state index >= 15 is 0 Å². The topological polar surface area (TPSA) is 106 Å². The van der Waals surface area contributed by atoms with E-state index < -0.39 is 23.8 Å². The van der Waals surface area contributed by atoms with Gasteiger partial charge in [0.1, 0.15) is 24.4 Å². The third-order valence-corrected chi connectivity index (χ3v) is 4.73. The Morgan fingerprint density at radius 3 is 2.88 bits per heavy atom. The smallest absolute Gasteiger partial charge is 0.242 e. The maximum Gasteiger partial charge on any atom is 0.242 e. The minimum absolute atomic E-state index is 0.0506. The minimum atomic E-state index is -0.969. The number of amides is 1. The molecule has 2 unspecified atom stereocenters. The highest BCUT2D eigenvalue weighted by Crippen LogP contribution is 2.25. The zero-order valence-corrected chi connectivity index (χ0v) is 17.0. The van der Waals surface area contributed by atoms with E-state index in [9.17, 15) is 18.0 Å². The highest BCUT2D eigenvalue weighted by Gasteiger charge is 2.38. The first-order valence-electron chi connectivity index (χ1n) is 9.73. The zero-order valence-electron chi connectivity index (χ0n) is 17.0. The number of anilines is 3. The van der Waals surface area contributed by atoms with Crippen molar-refractivity contribution in [2.75, 3.05) is 17.7 Å². The second kappa shape index (κ2) is 9.12. The van der Waals surface area contributed by atoms with Crippen LogP contribution in [0.25, 0.3) is 0 Å². The molecule has 1 aliphatic rings. The fraction of sp³-hybridized carbons (Fsp3) is 0.300. The molecule has 3 aromatic rings. The van der Waals surface area contributed by atoms with Crippen molar-refractivity contribution in [2.45, 2.75) is 31.7 Å². The lowest BCUT2D eigenvalue weighted by Gasteiger charge is -2.11. The summed E-state index contributed by atoms with van der Waals surface area (Å²) in [6.45, 7) is -0.204. The number of rotatable bonds is 9. The highest BCUT2D eigenvalue weighted by atomic mass is 19.1. The van der Waals surface area contributed by atoms with Crippen LogP contribution < -0.4 is 20.7 Å². The number of benzene rings is 1. The molecule has 2 heterocycles. The molecule has 1 amide bonds. The number of halogens is 3. The van der Waals surface area contributed by atoms with Gasteiger partial charge < -0.3 is 20.7 Å². The highest BCUT2D eigenvalue weighted by molar-refractivity contribution is 5.76. The first kappa shape index (κ1) is 21.4. The number of alkyl halides is 1. The van der Waals surface area contributed by atoms with Crippen LogP contribution in [0.5, 0.6) is 5.75 Å². The van der Waals surface area contributed by atoms with E-state index in [-0.39, 0.29) is 36.3 Å². The van der Waals surface area contributed by atoms with Crippen LogP contribution in [-0.2, 0) is 17.9 Å². The molecule has 0 radical (unpaired) electrons. The fourth-order valence-electron chi connectivity index (χ4n) is 2.95. The van der Waals surface area contributed by atoms with Gasteiger partial charge in [-0.3, -0.25) is 9.48 Å². The van der Waals surface area contributed by atoms with Gasteiger partial charge in [0, 0.05) is 30.9 Å². The Kier molecular flexibility index (Phi) is 6.10. The van der Waals surface area contributed by atoms with Crippen molar-refractivity contribution in [3.05, 3.63) is 54.0 Å². The average molecular weight is 447 g/mol. The van der Waals surface area contributed by atoms with Gasteiger partial charge in [0.15, 0.2) is 11.6 Å². The van der Waals surface area contributed by atoms with E-state index in [1.54, 1.807) is 12.3 Å². The van der Waals surface area contributed by atoms with Crippen molar-refractivity contribution in [1.29, 1.82) is 0 Å². The predicted molar refractivity (Wildman–Crippen MR) is 109 cm³/mol. The predicted octanol–water partition coefficient (Wildman–Crippen LogP) is 2.54. The van der Waals surface area contributed by atoms with Crippen molar-refractivity contribution in [3.63, 3.8) is 0 Å². The molecular weight excluding hydrogens is 427 g/mol. The molecule has 9 nitrogen and oxygen atoms in total. The van der Waals surface area contributed by atoms with E-state index in [0.29, 0.717) is 17.9 Å². The van der Waals surface area contributed by atoms with Crippen LogP contribution >= 0.6 is 0 Å². The Bertz CT molecular complexity index is 1120. The largest absolute Gasteiger partial charge is 0.494 e. The number of aromatic nitrogens is 4. The number of nitrogens with one attached hydrogen (secondary N) is 3. The monoisotopic (exact) mass is 447 g/mol. The molecule has 32 heavy (non-hydrogen) atoms. The summed E-state index contributed by atoms with van der Waals surface area (Å²) in [6, 6.07) is 3.49. The molecule has 0 bridgehead atoms. The van der Waals surface area contributed by atoms with Crippen LogP contribution in [0, 0.1) is 11.6 Å². The van der Waals surface area contributed by atoms with E-state index in [2.05, 4.69) is 31.0 Å². The molecular formula is C20H20F3N7O2.